The Morgan fingerprint density at radius 1 is 1.07 bits per heavy atom. The minimum absolute atomic E-state index is 0.00367. The summed E-state index contributed by atoms with van der Waals surface area (Å²) in [5, 5.41) is 20.8. The molecule has 2 aromatic rings. The summed E-state index contributed by atoms with van der Waals surface area (Å²) in [6.07, 6.45) is 4.35. The topological polar surface area (TPSA) is 90.2 Å². The third kappa shape index (κ3) is 4.95. The number of benzene rings is 2. The van der Waals surface area contributed by atoms with Gasteiger partial charge in [0.25, 0.3) is 0 Å². The van der Waals surface area contributed by atoms with Gasteiger partial charge in [-0.2, -0.15) is 5.26 Å². The van der Waals surface area contributed by atoms with Crippen molar-refractivity contribution in [1.29, 1.82) is 5.26 Å². The van der Waals surface area contributed by atoms with E-state index < -0.39 is 5.97 Å². The Bertz CT molecular complexity index is 860. The maximum atomic E-state index is 12.3. The van der Waals surface area contributed by atoms with Crippen LogP contribution in [0.5, 0.6) is 0 Å². The van der Waals surface area contributed by atoms with E-state index >= 15 is 0 Å². The fourth-order valence-electron chi connectivity index (χ4n) is 3.73. The average molecular weight is 362 g/mol. The molecule has 0 aliphatic heterocycles. The molecule has 1 saturated carbocycles. The van der Waals surface area contributed by atoms with Crippen molar-refractivity contribution in [3.05, 3.63) is 65.2 Å². The van der Waals surface area contributed by atoms with Gasteiger partial charge in [0.1, 0.15) is 0 Å². The second kappa shape index (κ2) is 8.50. The number of amides is 1. The Hall–Kier alpha value is -3.13. The van der Waals surface area contributed by atoms with Gasteiger partial charge in [-0.3, -0.25) is 4.79 Å². The SMILES string of the molecule is N#Cc1ccc(NC(=O)C[C@H]2CC[C@@H](c3cccc(C(=O)O)c3)CC2)cc1. The number of carbonyl (C=O) groups is 2. The van der Waals surface area contributed by atoms with Gasteiger partial charge in [-0.1, -0.05) is 12.1 Å². The van der Waals surface area contributed by atoms with Gasteiger partial charge in [-0.05, 0) is 79.5 Å². The minimum Gasteiger partial charge on any atom is -0.478 e. The molecule has 0 heterocycles. The Morgan fingerprint density at radius 3 is 2.41 bits per heavy atom. The molecule has 1 amide bonds. The van der Waals surface area contributed by atoms with Crippen molar-refractivity contribution in [2.24, 2.45) is 5.92 Å². The first-order valence-corrected chi connectivity index (χ1v) is 9.18. The summed E-state index contributed by atoms with van der Waals surface area (Å²) >= 11 is 0. The van der Waals surface area contributed by atoms with Crippen molar-refractivity contribution in [2.45, 2.75) is 38.0 Å². The van der Waals surface area contributed by atoms with Gasteiger partial charge < -0.3 is 10.4 Å². The van der Waals surface area contributed by atoms with E-state index in [0.717, 1.165) is 31.2 Å². The molecule has 1 aliphatic carbocycles. The van der Waals surface area contributed by atoms with Crippen molar-refractivity contribution in [1.82, 2.24) is 0 Å². The molecule has 138 valence electrons. The van der Waals surface area contributed by atoms with E-state index in [-0.39, 0.29) is 5.91 Å². The molecule has 5 heteroatoms. The van der Waals surface area contributed by atoms with E-state index in [1.165, 1.54) is 0 Å². The molecular formula is C22H22N2O3. The smallest absolute Gasteiger partial charge is 0.335 e. The third-order valence-electron chi connectivity index (χ3n) is 5.22. The minimum atomic E-state index is -0.898. The molecule has 0 atom stereocenters. The van der Waals surface area contributed by atoms with Crippen LogP contribution in [-0.2, 0) is 4.79 Å². The summed E-state index contributed by atoms with van der Waals surface area (Å²) in [6.45, 7) is 0. The number of carboxylic acids is 1. The van der Waals surface area contributed by atoms with Crippen LogP contribution in [0, 0.1) is 17.2 Å². The first kappa shape index (κ1) is 18.7. The van der Waals surface area contributed by atoms with Gasteiger partial charge in [-0.15, -0.1) is 0 Å². The van der Waals surface area contributed by atoms with Crippen LogP contribution in [0.3, 0.4) is 0 Å². The number of carbonyl (C=O) groups excluding carboxylic acids is 1. The second-order valence-electron chi connectivity index (χ2n) is 7.09. The lowest BCUT2D eigenvalue weighted by Crippen LogP contribution is -2.20. The van der Waals surface area contributed by atoms with E-state index in [2.05, 4.69) is 11.4 Å². The summed E-state index contributed by atoms with van der Waals surface area (Å²) in [5.74, 6) is -0.189. The molecule has 0 unspecified atom stereocenters. The number of rotatable bonds is 5. The number of anilines is 1. The quantitative estimate of drug-likeness (QED) is 0.816. The Labute approximate surface area is 158 Å². The fraction of sp³-hybridized carbons (Fsp3) is 0.318. The van der Waals surface area contributed by atoms with E-state index in [1.54, 1.807) is 42.5 Å². The number of hydrogen-bond donors (Lipinski definition) is 2. The zero-order valence-electron chi connectivity index (χ0n) is 15.0. The summed E-state index contributed by atoms with van der Waals surface area (Å²) in [6, 6.07) is 16.1. The summed E-state index contributed by atoms with van der Waals surface area (Å²) < 4.78 is 0. The molecule has 2 aromatic carbocycles. The standard InChI is InChI=1S/C22H22N2O3/c23-14-16-6-10-20(11-7-16)24-21(25)12-15-4-8-17(9-5-15)18-2-1-3-19(13-18)22(26)27/h1-3,6-7,10-11,13,15,17H,4-5,8-9,12H2,(H,24,25)(H,26,27)/t15-,17+. The van der Waals surface area contributed by atoms with Gasteiger partial charge in [0, 0.05) is 12.1 Å². The third-order valence-corrected chi connectivity index (χ3v) is 5.22. The van der Waals surface area contributed by atoms with Crippen molar-refractivity contribution in [2.75, 3.05) is 5.32 Å². The molecule has 0 radical (unpaired) electrons. The number of nitriles is 1. The number of carboxylic acid groups (broad SMARTS) is 1. The molecule has 0 bridgehead atoms. The van der Waals surface area contributed by atoms with Crippen molar-refractivity contribution in [3.63, 3.8) is 0 Å². The number of aromatic carboxylic acids is 1. The number of hydrogen-bond acceptors (Lipinski definition) is 3. The van der Waals surface area contributed by atoms with E-state index in [1.807, 2.05) is 6.07 Å². The highest BCUT2D eigenvalue weighted by molar-refractivity contribution is 5.91. The molecule has 5 nitrogen and oxygen atoms in total. The molecule has 0 saturated heterocycles. The van der Waals surface area contributed by atoms with Crippen LogP contribution in [0.4, 0.5) is 5.69 Å². The van der Waals surface area contributed by atoms with Gasteiger partial charge in [0.15, 0.2) is 0 Å². The van der Waals surface area contributed by atoms with Crippen molar-refractivity contribution in [3.8, 4) is 6.07 Å². The Kier molecular flexibility index (Phi) is 5.87. The van der Waals surface area contributed by atoms with E-state index in [4.69, 9.17) is 10.4 Å². The average Bonchev–Trinajstić information content (AvgIpc) is 2.69. The molecular weight excluding hydrogens is 340 g/mol. The first-order chi connectivity index (χ1) is 13.0. The lowest BCUT2D eigenvalue weighted by Gasteiger charge is -2.28. The highest BCUT2D eigenvalue weighted by atomic mass is 16.4. The van der Waals surface area contributed by atoms with Crippen LogP contribution >= 0.6 is 0 Å². The molecule has 1 fully saturated rings. The first-order valence-electron chi connectivity index (χ1n) is 9.18. The predicted molar refractivity (Wildman–Crippen MR) is 103 cm³/mol. The van der Waals surface area contributed by atoms with Crippen LogP contribution in [0.15, 0.2) is 48.5 Å². The lowest BCUT2D eigenvalue weighted by molar-refractivity contribution is -0.117. The van der Waals surface area contributed by atoms with Gasteiger partial charge in [0.05, 0.1) is 17.2 Å². The summed E-state index contributed by atoms with van der Waals surface area (Å²) in [4.78, 5) is 23.4. The molecule has 27 heavy (non-hydrogen) atoms. The number of nitrogens with one attached hydrogen (secondary N) is 1. The maximum absolute atomic E-state index is 12.3. The van der Waals surface area contributed by atoms with Gasteiger partial charge in [-0.25, -0.2) is 4.79 Å². The van der Waals surface area contributed by atoms with E-state index in [0.29, 0.717) is 35.1 Å². The molecule has 2 N–H and O–H groups in total. The Balaban J connectivity index is 1.50. The van der Waals surface area contributed by atoms with Crippen molar-refractivity contribution < 1.29 is 14.7 Å². The van der Waals surface area contributed by atoms with Crippen LogP contribution in [0.2, 0.25) is 0 Å². The number of nitrogens with zero attached hydrogens (tertiary/aromatic N) is 1. The van der Waals surface area contributed by atoms with Crippen LogP contribution in [-0.4, -0.2) is 17.0 Å². The van der Waals surface area contributed by atoms with Crippen LogP contribution < -0.4 is 5.32 Å². The van der Waals surface area contributed by atoms with Crippen LogP contribution in [0.25, 0.3) is 0 Å². The maximum Gasteiger partial charge on any atom is 0.335 e. The zero-order valence-corrected chi connectivity index (χ0v) is 15.0. The highest BCUT2D eigenvalue weighted by Gasteiger charge is 2.24. The fourth-order valence-corrected chi connectivity index (χ4v) is 3.73. The van der Waals surface area contributed by atoms with Gasteiger partial charge >= 0.3 is 5.97 Å². The molecule has 1 aliphatic rings. The van der Waals surface area contributed by atoms with E-state index in [9.17, 15) is 9.59 Å². The highest BCUT2D eigenvalue weighted by Crippen LogP contribution is 2.37. The van der Waals surface area contributed by atoms with Crippen molar-refractivity contribution >= 4 is 17.6 Å². The summed E-state index contributed by atoms with van der Waals surface area (Å²) in [7, 11) is 0. The normalized spacial score (nSPS) is 19.1. The second-order valence-corrected chi connectivity index (χ2v) is 7.09. The lowest BCUT2D eigenvalue weighted by atomic mass is 9.77. The molecule has 0 spiro atoms. The molecule has 0 aromatic heterocycles. The van der Waals surface area contributed by atoms with Gasteiger partial charge in [0.2, 0.25) is 5.91 Å². The zero-order chi connectivity index (χ0) is 19.2. The Morgan fingerprint density at radius 2 is 1.78 bits per heavy atom. The monoisotopic (exact) mass is 362 g/mol. The summed E-state index contributed by atoms with van der Waals surface area (Å²) in [5.41, 5.74) is 2.68. The van der Waals surface area contributed by atoms with Crippen LogP contribution in [0.1, 0.15) is 59.5 Å². The molecule has 3 rings (SSSR count). The predicted octanol–water partition coefficient (Wildman–Crippen LogP) is 4.56. The largest absolute Gasteiger partial charge is 0.478 e.